The fourth-order valence-corrected chi connectivity index (χ4v) is 6.11. The monoisotopic (exact) mass is 472 g/mol. The molecule has 5 nitrogen and oxygen atoms in total. The topological polar surface area (TPSA) is 51.0 Å². The van der Waals surface area contributed by atoms with Crippen molar-refractivity contribution in [3.05, 3.63) is 87.9 Å². The highest BCUT2D eigenvalue weighted by atomic mass is 32.2. The van der Waals surface area contributed by atoms with Crippen LogP contribution in [-0.2, 0) is 24.1 Å². The summed E-state index contributed by atoms with van der Waals surface area (Å²) < 4.78 is 2.27. The third-order valence-corrected chi connectivity index (χ3v) is 8.07. The number of thioether (sulfide) groups is 1. The number of para-hydroxylation sites is 2. The van der Waals surface area contributed by atoms with Crippen LogP contribution in [-0.4, -0.2) is 26.4 Å². The molecule has 1 amide bonds. The number of carbonyl (C=O) groups is 1. The van der Waals surface area contributed by atoms with E-state index in [1.54, 1.807) is 11.3 Å². The summed E-state index contributed by atoms with van der Waals surface area (Å²) in [5.41, 5.74) is 4.42. The summed E-state index contributed by atoms with van der Waals surface area (Å²) in [7, 11) is 0. The number of thiophene rings is 1. The smallest absolute Gasteiger partial charge is 0.242 e. The SMILES string of the molecule is O=C(CSc1nnc(Cc2cccs2)n1C1CC1)N1c2ccccc2CCc2ccccc21. The fraction of sp³-hybridized carbons (Fsp3) is 0.269. The minimum absolute atomic E-state index is 0.0759. The molecule has 0 unspecified atom stereocenters. The first-order valence-electron chi connectivity index (χ1n) is 11.4. The summed E-state index contributed by atoms with van der Waals surface area (Å²) in [6.07, 6.45) is 4.98. The van der Waals surface area contributed by atoms with E-state index >= 15 is 0 Å². The van der Waals surface area contributed by atoms with Gasteiger partial charge in [0.05, 0.1) is 17.1 Å². The quantitative estimate of drug-likeness (QED) is 0.332. The van der Waals surface area contributed by atoms with Crippen LogP contribution in [0.25, 0.3) is 0 Å². The molecule has 1 saturated carbocycles. The van der Waals surface area contributed by atoms with Gasteiger partial charge in [0.15, 0.2) is 5.16 Å². The second kappa shape index (κ2) is 8.80. The highest BCUT2D eigenvalue weighted by molar-refractivity contribution is 7.99. The molecule has 0 bridgehead atoms. The Morgan fingerprint density at radius 2 is 1.64 bits per heavy atom. The van der Waals surface area contributed by atoms with E-state index in [-0.39, 0.29) is 5.91 Å². The number of amides is 1. The van der Waals surface area contributed by atoms with Crippen molar-refractivity contribution in [1.29, 1.82) is 0 Å². The molecule has 3 heterocycles. The van der Waals surface area contributed by atoms with Crippen LogP contribution in [0.1, 0.15) is 40.7 Å². The Bertz CT molecular complexity index is 1250. The van der Waals surface area contributed by atoms with Crippen LogP contribution in [0.5, 0.6) is 0 Å². The van der Waals surface area contributed by atoms with Crippen LogP contribution in [0.3, 0.4) is 0 Å². The highest BCUT2D eigenvalue weighted by Gasteiger charge is 2.31. The predicted molar refractivity (Wildman–Crippen MR) is 134 cm³/mol. The van der Waals surface area contributed by atoms with Crippen LogP contribution in [0.2, 0.25) is 0 Å². The number of anilines is 2. The van der Waals surface area contributed by atoms with Gasteiger partial charge in [0.1, 0.15) is 5.82 Å². The molecule has 0 N–H and O–H groups in total. The average Bonchev–Trinajstić information content (AvgIpc) is 3.45. The Hall–Kier alpha value is -2.90. The van der Waals surface area contributed by atoms with Gasteiger partial charge in [0, 0.05) is 17.3 Å². The molecule has 2 aliphatic rings. The van der Waals surface area contributed by atoms with E-state index < -0.39 is 0 Å². The van der Waals surface area contributed by atoms with E-state index in [0.717, 1.165) is 54.5 Å². The van der Waals surface area contributed by atoms with Crippen molar-refractivity contribution in [1.82, 2.24) is 14.8 Å². The molecule has 1 aliphatic carbocycles. The van der Waals surface area contributed by atoms with Gasteiger partial charge in [0.2, 0.25) is 5.91 Å². The number of hydrogen-bond donors (Lipinski definition) is 0. The normalized spacial score (nSPS) is 15.1. The first-order valence-corrected chi connectivity index (χ1v) is 13.2. The van der Waals surface area contributed by atoms with Crippen LogP contribution in [0, 0.1) is 0 Å². The molecule has 0 spiro atoms. The molecule has 0 atom stereocenters. The summed E-state index contributed by atoms with van der Waals surface area (Å²) in [6, 6.07) is 21.2. The van der Waals surface area contributed by atoms with Gasteiger partial charge in [-0.1, -0.05) is 54.2 Å². The largest absolute Gasteiger partial charge is 0.303 e. The van der Waals surface area contributed by atoms with Gasteiger partial charge in [-0.05, 0) is 60.4 Å². The number of fused-ring (bicyclic) bond motifs is 2. The van der Waals surface area contributed by atoms with Gasteiger partial charge in [-0.15, -0.1) is 21.5 Å². The third kappa shape index (κ3) is 4.11. The van der Waals surface area contributed by atoms with Gasteiger partial charge in [-0.25, -0.2) is 0 Å². The van der Waals surface area contributed by atoms with Crippen molar-refractivity contribution in [3.63, 3.8) is 0 Å². The molecule has 2 aromatic carbocycles. The second-order valence-corrected chi connectivity index (χ2v) is 10.5. The van der Waals surface area contributed by atoms with Gasteiger partial charge in [0.25, 0.3) is 0 Å². The maximum absolute atomic E-state index is 13.7. The van der Waals surface area contributed by atoms with E-state index in [1.165, 1.54) is 27.8 Å². The zero-order chi connectivity index (χ0) is 22.2. The molecule has 4 aromatic rings. The third-order valence-electron chi connectivity index (χ3n) is 6.26. The standard InChI is InChI=1S/C26H24N4OS2/c31-25(30-22-9-3-1-6-18(22)11-12-19-7-2-4-10-23(19)30)17-33-26-28-27-24(29(26)20-13-14-20)16-21-8-5-15-32-21/h1-10,15,20H,11-14,16-17H2. The first kappa shape index (κ1) is 20.7. The number of aryl methyl sites for hydroxylation is 2. The van der Waals surface area contributed by atoms with E-state index in [4.69, 9.17) is 0 Å². The van der Waals surface area contributed by atoms with E-state index in [0.29, 0.717) is 11.8 Å². The highest BCUT2D eigenvalue weighted by Crippen LogP contribution is 2.40. The maximum atomic E-state index is 13.7. The van der Waals surface area contributed by atoms with Crippen molar-refractivity contribution in [3.8, 4) is 0 Å². The Morgan fingerprint density at radius 1 is 0.939 bits per heavy atom. The second-order valence-electron chi connectivity index (χ2n) is 8.53. The number of benzene rings is 2. The molecule has 1 fully saturated rings. The lowest BCUT2D eigenvalue weighted by Gasteiger charge is -2.25. The van der Waals surface area contributed by atoms with E-state index in [2.05, 4.69) is 68.7 Å². The number of hydrogen-bond acceptors (Lipinski definition) is 5. The van der Waals surface area contributed by atoms with Crippen molar-refractivity contribution in [2.24, 2.45) is 0 Å². The molecule has 0 saturated heterocycles. The summed E-state index contributed by atoms with van der Waals surface area (Å²) in [6.45, 7) is 0. The predicted octanol–water partition coefficient (Wildman–Crippen LogP) is 5.82. The molecule has 166 valence electrons. The number of nitrogens with zero attached hydrogens (tertiary/aromatic N) is 4. The fourth-order valence-electron chi connectivity index (χ4n) is 4.53. The Labute approximate surface area is 201 Å². The molecule has 2 aromatic heterocycles. The molecular formula is C26H24N4OS2. The number of rotatable bonds is 6. The molecular weight excluding hydrogens is 448 g/mol. The van der Waals surface area contributed by atoms with Crippen molar-refractivity contribution in [2.75, 3.05) is 10.7 Å². The van der Waals surface area contributed by atoms with Crippen LogP contribution < -0.4 is 4.90 Å². The van der Waals surface area contributed by atoms with Crippen LogP contribution >= 0.6 is 23.1 Å². The van der Waals surface area contributed by atoms with Crippen LogP contribution in [0.15, 0.2) is 71.2 Å². The maximum Gasteiger partial charge on any atom is 0.242 e. The Morgan fingerprint density at radius 3 is 2.27 bits per heavy atom. The molecule has 6 rings (SSSR count). The molecule has 1 aliphatic heterocycles. The van der Waals surface area contributed by atoms with Crippen molar-refractivity contribution >= 4 is 40.4 Å². The summed E-state index contributed by atoms with van der Waals surface area (Å²) in [4.78, 5) is 16.9. The lowest BCUT2D eigenvalue weighted by atomic mass is 10.0. The van der Waals surface area contributed by atoms with Crippen molar-refractivity contribution in [2.45, 2.75) is 43.3 Å². The van der Waals surface area contributed by atoms with E-state index in [9.17, 15) is 4.79 Å². The van der Waals surface area contributed by atoms with Gasteiger partial charge in [-0.3, -0.25) is 9.69 Å². The average molecular weight is 473 g/mol. The first-order chi connectivity index (χ1) is 16.3. The zero-order valence-electron chi connectivity index (χ0n) is 18.2. The Kier molecular flexibility index (Phi) is 5.52. The lowest BCUT2D eigenvalue weighted by Crippen LogP contribution is -2.28. The van der Waals surface area contributed by atoms with Gasteiger partial charge < -0.3 is 4.57 Å². The van der Waals surface area contributed by atoms with Crippen molar-refractivity contribution < 1.29 is 4.79 Å². The number of carbonyl (C=O) groups excluding carboxylic acids is 1. The lowest BCUT2D eigenvalue weighted by molar-refractivity contribution is -0.115. The molecule has 33 heavy (non-hydrogen) atoms. The van der Waals surface area contributed by atoms with Crippen LogP contribution in [0.4, 0.5) is 11.4 Å². The molecule has 7 heteroatoms. The minimum atomic E-state index is 0.0759. The Balaban J connectivity index is 1.27. The number of aromatic nitrogens is 3. The summed E-state index contributed by atoms with van der Waals surface area (Å²) in [5.74, 6) is 1.40. The molecule has 0 radical (unpaired) electrons. The summed E-state index contributed by atoms with van der Waals surface area (Å²) in [5, 5.41) is 11.9. The van der Waals surface area contributed by atoms with E-state index in [1.807, 2.05) is 17.0 Å². The van der Waals surface area contributed by atoms with Gasteiger partial charge >= 0.3 is 0 Å². The summed E-state index contributed by atoms with van der Waals surface area (Å²) >= 11 is 3.25. The van der Waals surface area contributed by atoms with Gasteiger partial charge in [-0.2, -0.15) is 0 Å². The minimum Gasteiger partial charge on any atom is -0.303 e. The zero-order valence-corrected chi connectivity index (χ0v) is 19.8.